The largest absolute Gasteiger partial charge is 0.505 e. The fraction of sp³-hybridized carbons (Fsp3) is 0.139. The number of anilines is 1. The number of ether oxygens (including phenoxy) is 1. The molecule has 48 heavy (non-hydrogen) atoms. The van der Waals surface area contributed by atoms with Crippen LogP contribution in [0.25, 0.3) is 11.4 Å². The highest BCUT2D eigenvalue weighted by atomic mass is 35.5. The third kappa shape index (κ3) is 6.08. The number of fused-ring (bicyclic) bond motifs is 1. The van der Waals surface area contributed by atoms with Crippen LogP contribution in [0, 0.1) is 13.8 Å². The maximum absolute atomic E-state index is 13.9. The first-order valence-electron chi connectivity index (χ1n) is 15.0. The lowest BCUT2D eigenvalue weighted by atomic mass is 9.96. The van der Waals surface area contributed by atoms with Crippen LogP contribution in [0.5, 0.6) is 5.75 Å². The molecule has 3 aromatic carbocycles. The monoisotopic (exact) mass is 693 g/mol. The van der Waals surface area contributed by atoms with Crippen molar-refractivity contribution in [3.63, 3.8) is 0 Å². The van der Waals surface area contributed by atoms with E-state index in [1.165, 1.54) is 28.0 Å². The van der Waals surface area contributed by atoms with Gasteiger partial charge < -0.3 is 14.2 Å². The number of aryl methyl sites for hydroxylation is 2. The molecule has 0 bridgehead atoms. The van der Waals surface area contributed by atoms with Crippen molar-refractivity contribution in [3.8, 4) is 5.75 Å². The number of amides is 1. The molecule has 4 heterocycles. The molecule has 1 N–H and O–H groups in total. The lowest BCUT2D eigenvalue weighted by molar-refractivity contribution is -0.132. The normalized spacial score (nSPS) is 15.8. The van der Waals surface area contributed by atoms with Crippen LogP contribution in [0.15, 0.2) is 107 Å². The summed E-state index contributed by atoms with van der Waals surface area (Å²) in [5, 5.41) is 21.4. The van der Waals surface area contributed by atoms with Crippen LogP contribution in [0.1, 0.15) is 39.7 Å². The Bertz CT molecular complexity index is 2200. The molecule has 0 aliphatic carbocycles. The number of aliphatic hydroxyl groups is 1. The topological polar surface area (TPSA) is 110 Å². The van der Waals surface area contributed by atoms with Crippen molar-refractivity contribution in [1.29, 1.82) is 0 Å². The predicted octanol–water partition coefficient (Wildman–Crippen LogP) is 7.95. The quantitative estimate of drug-likeness (QED) is 0.0534. The van der Waals surface area contributed by atoms with Crippen molar-refractivity contribution < 1.29 is 19.4 Å². The molecule has 1 saturated heterocycles. The zero-order valence-corrected chi connectivity index (χ0v) is 28.2. The Balaban J connectivity index is 1.29. The van der Waals surface area contributed by atoms with E-state index in [1.54, 1.807) is 18.2 Å². The Morgan fingerprint density at radius 1 is 0.958 bits per heavy atom. The Morgan fingerprint density at radius 3 is 2.52 bits per heavy atom. The maximum atomic E-state index is 13.9. The van der Waals surface area contributed by atoms with Crippen LogP contribution in [0.3, 0.4) is 0 Å². The highest BCUT2D eigenvalue weighted by Crippen LogP contribution is 2.45. The zero-order chi connectivity index (χ0) is 33.4. The first-order chi connectivity index (χ1) is 23.3. The van der Waals surface area contributed by atoms with Crippen molar-refractivity contribution in [2.24, 2.45) is 0 Å². The van der Waals surface area contributed by atoms with Gasteiger partial charge in [-0.25, -0.2) is 4.98 Å². The molecule has 240 valence electrons. The minimum Gasteiger partial charge on any atom is -0.505 e. The molecule has 1 aliphatic rings. The van der Waals surface area contributed by atoms with Gasteiger partial charge in [0.25, 0.3) is 5.78 Å². The lowest BCUT2D eigenvalue weighted by Crippen LogP contribution is -2.29. The summed E-state index contributed by atoms with van der Waals surface area (Å²) in [6.45, 7) is 4.06. The number of ketones is 1. The highest BCUT2D eigenvalue weighted by Gasteiger charge is 2.49. The van der Waals surface area contributed by atoms with Crippen molar-refractivity contribution in [2.45, 2.75) is 36.6 Å². The maximum Gasteiger partial charge on any atom is 0.301 e. The van der Waals surface area contributed by atoms with Gasteiger partial charge in [0.2, 0.25) is 5.13 Å². The van der Waals surface area contributed by atoms with E-state index in [9.17, 15) is 14.7 Å². The summed E-state index contributed by atoms with van der Waals surface area (Å²) in [7, 11) is 0. The summed E-state index contributed by atoms with van der Waals surface area (Å²) >= 11 is 8.69. The van der Waals surface area contributed by atoms with Crippen LogP contribution in [-0.2, 0) is 21.9 Å². The summed E-state index contributed by atoms with van der Waals surface area (Å²) < 4.78 is 8.57. The lowest BCUT2D eigenvalue weighted by Gasteiger charge is -2.23. The summed E-state index contributed by atoms with van der Waals surface area (Å²) in [4.78, 5) is 33.8. The summed E-state index contributed by atoms with van der Waals surface area (Å²) in [6.07, 6.45) is 1.84. The number of aliphatic hydroxyl groups excluding tert-OH is 1. The Labute approximate surface area is 289 Å². The first-order valence-corrected chi connectivity index (χ1v) is 17.2. The number of carbonyl (C=O) groups excluding carboxylic acids is 2. The fourth-order valence-electron chi connectivity index (χ4n) is 5.62. The minimum atomic E-state index is -1.02. The molecule has 1 fully saturated rings. The number of halogens is 1. The van der Waals surface area contributed by atoms with Crippen LogP contribution in [0.4, 0.5) is 5.13 Å². The molecule has 9 nitrogen and oxygen atoms in total. The molecule has 0 radical (unpaired) electrons. The number of carbonyl (C=O) groups is 2. The van der Waals surface area contributed by atoms with E-state index >= 15 is 0 Å². The van der Waals surface area contributed by atoms with E-state index in [4.69, 9.17) is 21.3 Å². The number of Topliss-reactive ketones (excluding diaryl/α,β-unsaturated/α-hetero) is 1. The van der Waals surface area contributed by atoms with Gasteiger partial charge >= 0.3 is 5.91 Å². The summed E-state index contributed by atoms with van der Waals surface area (Å²) in [6, 6.07) is 27.2. The third-order valence-corrected chi connectivity index (χ3v) is 10.4. The number of hydrogen-bond acceptors (Lipinski definition) is 9. The van der Waals surface area contributed by atoms with Gasteiger partial charge in [-0.1, -0.05) is 95.4 Å². The molecule has 1 aliphatic heterocycles. The number of aromatic nitrogens is 4. The molecule has 0 saturated carbocycles. The van der Waals surface area contributed by atoms with Crippen molar-refractivity contribution in [1.82, 2.24) is 19.6 Å². The van der Waals surface area contributed by atoms with Crippen LogP contribution in [0.2, 0.25) is 5.02 Å². The molecular formula is C36H28ClN5O4S2. The van der Waals surface area contributed by atoms with Crippen molar-refractivity contribution in [2.75, 3.05) is 4.90 Å². The molecule has 1 unspecified atom stereocenters. The van der Waals surface area contributed by atoms with Gasteiger partial charge in [-0.15, -0.1) is 10.2 Å². The SMILES string of the molecule is Cc1cccn2c(C)c(/C(O)=C3\C(=O)C(=O)N(c4nnc(SCc5ccc(Cl)cc5)s4)C3c3cccc(OCc4ccccc4)c3)nc12. The van der Waals surface area contributed by atoms with Gasteiger partial charge in [-0.05, 0) is 66.4 Å². The summed E-state index contributed by atoms with van der Waals surface area (Å²) in [5.74, 6) is -0.870. The third-order valence-electron chi connectivity index (χ3n) is 8.05. The number of benzene rings is 3. The number of rotatable bonds is 9. The van der Waals surface area contributed by atoms with E-state index < -0.39 is 17.7 Å². The summed E-state index contributed by atoms with van der Waals surface area (Å²) in [5.41, 5.74) is 4.91. The molecular weight excluding hydrogens is 666 g/mol. The van der Waals surface area contributed by atoms with Crippen LogP contribution < -0.4 is 9.64 Å². The van der Waals surface area contributed by atoms with Gasteiger partial charge in [0, 0.05) is 17.0 Å². The van der Waals surface area contributed by atoms with Crippen LogP contribution >= 0.6 is 34.7 Å². The molecule has 7 rings (SSSR count). The van der Waals surface area contributed by atoms with Gasteiger partial charge in [0.15, 0.2) is 10.1 Å². The molecule has 1 atom stereocenters. The number of thioether (sulfide) groups is 1. The number of pyridine rings is 1. The predicted molar refractivity (Wildman–Crippen MR) is 188 cm³/mol. The number of nitrogens with zero attached hydrogens (tertiary/aromatic N) is 5. The zero-order valence-electron chi connectivity index (χ0n) is 25.8. The Morgan fingerprint density at radius 2 is 1.75 bits per heavy atom. The smallest absolute Gasteiger partial charge is 0.301 e. The molecule has 0 spiro atoms. The molecule has 1 amide bonds. The highest BCUT2D eigenvalue weighted by molar-refractivity contribution is 8.00. The number of hydrogen-bond donors (Lipinski definition) is 1. The fourth-order valence-corrected chi connectivity index (χ4v) is 7.57. The second-order valence-electron chi connectivity index (χ2n) is 11.2. The van der Waals surface area contributed by atoms with Gasteiger partial charge in [0.1, 0.15) is 23.7 Å². The standard InChI is InChI=1S/C36H28ClN5O4S2/c1-21-8-7-17-41-22(2)29(38-33(21)41)31(43)28-30(25-11-6-12-27(18-25)46-19-23-9-4-3-5-10-23)42(34(45)32(28)44)35-39-40-36(48-35)47-20-24-13-15-26(37)16-14-24/h3-18,30,43H,19-20H2,1-2H3/b31-28+. The Kier molecular flexibility index (Phi) is 8.74. The first kappa shape index (κ1) is 31.6. The van der Waals surface area contributed by atoms with Gasteiger partial charge in [0.05, 0.1) is 17.3 Å². The average molecular weight is 694 g/mol. The average Bonchev–Trinajstić information content (AvgIpc) is 3.78. The van der Waals surface area contributed by atoms with Gasteiger partial charge in [-0.3, -0.25) is 14.5 Å². The van der Waals surface area contributed by atoms with E-state index in [1.807, 2.05) is 97.2 Å². The molecule has 12 heteroatoms. The van der Waals surface area contributed by atoms with Crippen molar-refractivity contribution >= 4 is 62.9 Å². The van der Waals surface area contributed by atoms with E-state index in [-0.39, 0.29) is 22.2 Å². The number of imidazole rings is 1. The molecule has 6 aromatic rings. The van der Waals surface area contributed by atoms with E-state index in [2.05, 4.69) is 10.2 Å². The van der Waals surface area contributed by atoms with Crippen LogP contribution in [-0.4, -0.2) is 36.4 Å². The van der Waals surface area contributed by atoms with Crippen molar-refractivity contribution in [3.05, 3.63) is 141 Å². The Hall–Kier alpha value is -4.97. The molecule has 3 aromatic heterocycles. The van der Waals surface area contributed by atoms with E-state index in [0.717, 1.165) is 16.7 Å². The van der Waals surface area contributed by atoms with E-state index in [0.29, 0.717) is 44.4 Å². The minimum absolute atomic E-state index is 0.0880. The second kappa shape index (κ2) is 13.3. The second-order valence-corrected chi connectivity index (χ2v) is 13.8. The van der Waals surface area contributed by atoms with Gasteiger partial charge in [-0.2, -0.15) is 0 Å².